The Morgan fingerprint density at radius 2 is 2.26 bits per heavy atom. The maximum Gasteiger partial charge on any atom is 0.134 e. The molecule has 5 nitrogen and oxygen atoms in total. The minimum atomic E-state index is 0.471. The molecule has 1 atom stereocenters. The summed E-state index contributed by atoms with van der Waals surface area (Å²) in [7, 11) is 0. The Balaban J connectivity index is 2.07. The van der Waals surface area contributed by atoms with Crippen LogP contribution in [-0.4, -0.2) is 40.5 Å². The van der Waals surface area contributed by atoms with E-state index in [9.17, 15) is 0 Å². The predicted molar refractivity (Wildman–Crippen MR) is 79.2 cm³/mol. The van der Waals surface area contributed by atoms with E-state index in [1.165, 1.54) is 19.4 Å². The van der Waals surface area contributed by atoms with Crippen molar-refractivity contribution in [2.24, 2.45) is 0 Å². The highest BCUT2D eigenvalue weighted by Gasteiger charge is 2.20. The lowest BCUT2D eigenvalue weighted by atomic mass is 10.0. The zero-order valence-electron chi connectivity index (χ0n) is 12.0. The Labute approximate surface area is 115 Å². The fraction of sp³-hybridized carbons (Fsp3) is 0.714. The van der Waals surface area contributed by atoms with Gasteiger partial charge in [-0.25, -0.2) is 9.97 Å². The number of rotatable bonds is 5. The van der Waals surface area contributed by atoms with Gasteiger partial charge in [-0.15, -0.1) is 0 Å². The third-order valence-electron chi connectivity index (χ3n) is 3.77. The summed E-state index contributed by atoms with van der Waals surface area (Å²) >= 11 is 0. The van der Waals surface area contributed by atoms with Crippen molar-refractivity contribution < 1.29 is 0 Å². The minimum Gasteiger partial charge on any atom is -0.383 e. The number of nitrogen functional groups attached to an aromatic ring is 1. The van der Waals surface area contributed by atoms with Crippen LogP contribution in [0.15, 0.2) is 6.33 Å². The molecule has 1 saturated heterocycles. The first kappa shape index (κ1) is 14.1. The molecular formula is C14H25N5. The summed E-state index contributed by atoms with van der Waals surface area (Å²) in [6.45, 7) is 7.78. The number of likely N-dealkylation sites (tertiary alicyclic amines) is 1. The van der Waals surface area contributed by atoms with Crippen LogP contribution in [0.5, 0.6) is 0 Å². The van der Waals surface area contributed by atoms with E-state index < -0.39 is 0 Å². The highest BCUT2D eigenvalue weighted by molar-refractivity contribution is 5.55. The first-order chi connectivity index (χ1) is 9.24. The topological polar surface area (TPSA) is 67.1 Å². The fourth-order valence-electron chi connectivity index (χ4n) is 2.70. The van der Waals surface area contributed by atoms with Crippen LogP contribution >= 0.6 is 0 Å². The number of nitrogens with one attached hydrogen (secondary N) is 1. The number of hydrogen-bond donors (Lipinski definition) is 2. The maximum atomic E-state index is 5.96. The van der Waals surface area contributed by atoms with Crippen molar-refractivity contribution in [2.75, 3.05) is 30.7 Å². The number of nitrogens with two attached hydrogens (primary N) is 1. The van der Waals surface area contributed by atoms with Crippen LogP contribution in [0.3, 0.4) is 0 Å². The van der Waals surface area contributed by atoms with E-state index in [1.807, 2.05) is 0 Å². The second-order valence-electron chi connectivity index (χ2n) is 5.21. The number of hydrogen-bond acceptors (Lipinski definition) is 5. The van der Waals surface area contributed by atoms with Crippen molar-refractivity contribution in [1.29, 1.82) is 0 Å². The molecule has 1 aliphatic rings. The van der Waals surface area contributed by atoms with Crippen molar-refractivity contribution in [3.05, 3.63) is 11.9 Å². The minimum absolute atomic E-state index is 0.471. The second kappa shape index (κ2) is 6.70. The van der Waals surface area contributed by atoms with Crippen LogP contribution < -0.4 is 11.1 Å². The third-order valence-corrected chi connectivity index (χ3v) is 3.77. The van der Waals surface area contributed by atoms with Crippen molar-refractivity contribution in [3.8, 4) is 0 Å². The molecule has 19 heavy (non-hydrogen) atoms. The van der Waals surface area contributed by atoms with Gasteiger partial charge in [0.25, 0.3) is 0 Å². The zero-order chi connectivity index (χ0) is 13.7. The average molecular weight is 263 g/mol. The molecule has 1 unspecified atom stereocenters. The molecule has 2 heterocycles. The van der Waals surface area contributed by atoms with Crippen LogP contribution in [0.2, 0.25) is 0 Å². The molecule has 0 spiro atoms. The van der Waals surface area contributed by atoms with Crippen LogP contribution in [0.1, 0.15) is 38.7 Å². The second-order valence-corrected chi connectivity index (χ2v) is 5.21. The molecule has 1 fully saturated rings. The third kappa shape index (κ3) is 3.56. The molecule has 0 radical (unpaired) electrons. The number of nitrogens with zero attached hydrogens (tertiary/aromatic N) is 3. The van der Waals surface area contributed by atoms with Gasteiger partial charge in [0.15, 0.2) is 0 Å². The first-order valence-corrected chi connectivity index (χ1v) is 7.32. The summed E-state index contributed by atoms with van der Waals surface area (Å²) in [4.78, 5) is 11.0. The van der Waals surface area contributed by atoms with E-state index in [1.54, 1.807) is 6.33 Å². The van der Waals surface area contributed by atoms with Crippen LogP contribution in [-0.2, 0) is 6.42 Å². The first-order valence-electron chi connectivity index (χ1n) is 7.32. The van der Waals surface area contributed by atoms with Crippen molar-refractivity contribution >= 4 is 11.6 Å². The Morgan fingerprint density at radius 1 is 1.42 bits per heavy atom. The molecule has 1 aromatic heterocycles. The number of anilines is 2. The van der Waals surface area contributed by atoms with E-state index in [-0.39, 0.29) is 0 Å². The van der Waals surface area contributed by atoms with Crippen molar-refractivity contribution in [3.63, 3.8) is 0 Å². The molecule has 3 N–H and O–H groups in total. The van der Waals surface area contributed by atoms with Gasteiger partial charge in [-0.3, -0.25) is 0 Å². The lowest BCUT2D eigenvalue weighted by Crippen LogP contribution is -2.42. The highest BCUT2D eigenvalue weighted by Crippen LogP contribution is 2.22. The molecule has 0 saturated carbocycles. The molecule has 1 aliphatic heterocycles. The van der Waals surface area contributed by atoms with Gasteiger partial charge in [-0.05, 0) is 32.4 Å². The molecule has 5 heteroatoms. The molecular weight excluding hydrogens is 238 g/mol. The number of aromatic nitrogens is 2. The maximum absolute atomic E-state index is 5.96. The summed E-state index contributed by atoms with van der Waals surface area (Å²) in [5.41, 5.74) is 7.03. The van der Waals surface area contributed by atoms with Gasteiger partial charge in [0, 0.05) is 18.2 Å². The van der Waals surface area contributed by atoms with Gasteiger partial charge >= 0.3 is 0 Å². The normalized spacial score (nSPS) is 20.4. The number of piperidine rings is 1. The van der Waals surface area contributed by atoms with Crippen LogP contribution in [0, 0.1) is 0 Å². The summed E-state index contributed by atoms with van der Waals surface area (Å²) < 4.78 is 0. The van der Waals surface area contributed by atoms with E-state index in [2.05, 4.69) is 34.0 Å². The Kier molecular flexibility index (Phi) is 4.96. The highest BCUT2D eigenvalue weighted by atomic mass is 15.2. The lowest BCUT2D eigenvalue weighted by Gasteiger charge is -2.33. The molecule has 2 rings (SSSR count). The Morgan fingerprint density at radius 3 is 3.00 bits per heavy atom. The predicted octanol–water partition coefficient (Wildman–Crippen LogP) is 1.91. The summed E-state index contributed by atoms with van der Waals surface area (Å²) in [5.74, 6) is 1.54. The molecule has 0 aromatic carbocycles. The van der Waals surface area contributed by atoms with Crippen molar-refractivity contribution in [2.45, 2.75) is 45.6 Å². The molecule has 0 bridgehead atoms. The Hall–Kier alpha value is -1.36. The average Bonchev–Trinajstić information content (AvgIpc) is 2.43. The number of likely N-dealkylation sites (N-methyl/N-ethyl adjacent to an activating group) is 1. The van der Waals surface area contributed by atoms with Crippen LogP contribution in [0.4, 0.5) is 11.6 Å². The largest absolute Gasteiger partial charge is 0.383 e. The standard InChI is InChI=1S/C14H25N5/c1-3-6-12-13(15)16-10-17-14(12)18-11-7-5-8-19(4-2)9-11/h10-11H,3-9H2,1-2H3,(H3,15,16,17,18). The van der Waals surface area contributed by atoms with E-state index in [0.717, 1.165) is 37.3 Å². The van der Waals surface area contributed by atoms with Gasteiger partial charge < -0.3 is 16.0 Å². The smallest absolute Gasteiger partial charge is 0.134 e. The SMILES string of the molecule is CCCc1c(N)ncnc1NC1CCCN(CC)C1. The Bertz CT molecular complexity index is 407. The lowest BCUT2D eigenvalue weighted by molar-refractivity contribution is 0.226. The fourth-order valence-corrected chi connectivity index (χ4v) is 2.70. The van der Waals surface area contributed by atoms with E-state index in [0.29, 0.717) is 11.9 Å². The van der Waals surface area contributed by atoms with Gasteiger partial charge in [0.05, 0.1) is 0 Å². The van der Waals surface area contributed by atoms with Gasteiger partial charge in [0.1, 0.15) is 18.0 Å². The molecule has 106 valence electrons. The summed E-state index contributed by atoms with van der Waals surface area (Å²) in [5, 5.41) is 3.57. The quantitative estimate of drug-likeness (QED) is 0.849. The van der Waals surface area contributed by atoms with Gasteiger partial charge in [-0.2, -0.15) is 0 Å². The van der Waals surface area contributed by atoms with E-state index in [4.69, 9.17) is 5.73 Å². The molecule has 0 amide bonds. The monoisotopic (exact) mass is 263 g/mol. The molecule has 1 aromatic rings. The summed E-state index contributed by atoms with van der Waals surface area (Å²) in [6.07, 6.45) is 5.98. The van der Waals surface area contributed by atoms with Crippen molar-refractivity contribution in [1.82, 2.24) is 14.9 Å². The zero-order valence-corrected chi connectivity index (χ0v) is 12.0. The van der Waals surface area contributed by atoms with Gasteiger partial charge in [-0.1, -0.05) is 20.3 Å². The van der Waals surface area contributed by atoms with Crippen LogP contribution in [0.25, 0.3) is 0 Å². The van der Waals surface area contributed by atoms with E-state index >= 15 is 0 Å². The van der Waals surface area contributed by atoms with Gasteiger partial charge in [0.2, 0.25) is 0 Å². The summed E-state index contributed by atoms with van der Waals surface area (Å²) in [6, 6.07) is 0.471. The molecule has 0 aliphatic carbocycles.